The van der Waals surface area contributed by atoms with Gasteiger partial charge < -0.3 is 15.8 Å². The third kappa shape index (κ3) is 1.95. The number of hydrogen-bond acceptors (Lipinski definition) is 3. The zero-order valence-electron chi connectivity index (χ0n) is 10.6. The van der Waals surface area contributed by atoms with Gasteiger partial charge in [-0.15, -0.1) is 0 Å². The number of fused-ring (bicyclic) bond motifs is 1. The number of amides is 1. The zero-order valence-corrected chi connectivity index (χ0v) is 10.6. The normalized spacial score (nSPS) is 17.4. The van der Waals surface area contributed by atoms with Crippen LogP contribution in [0.4, 0.5) is 11.4 Å². The highest BCUT2D eigenvalue weighted by atomic mass is 16.5. The summed E-state index contributed by atoms with van der Waals surface area (Å²) in [6.07, 6.45) is 0. The predicted molar refractivity (Wildman–Crippen MR) is 68.3 cm³/mol. The van der Waals surface area contributed by atoms with Gasteiger partial charge in [-0.25, -0.2) is 0 Å². The van der Waals surface area contributed by atoms with E-state index < -0.39 is 5.60 Å². The Balaban J connectivity index is 2.52. The molecule has 0 aliphatic carbocycles. The van der Waals surface area contributed by atoms with Crippen LogP contribution >= 0.6 is 0 Å². The number of benzene rings is 1. The van der Waals surface area contributed by atoms with Crippen molar-refractivity contribution >= 4 is 17.3 Å². The lowest BCUT2D eigenvalue weighted by atomic mass is 9.99. The summed E-state index contributed by atoms with van der Waals surface area (Å²) in [7, 11) is 0. The van der Waals surface area contributed by atoms with Gasteiger partial charge in [-0.2, -0.15) is 0 Å². The van der Waals surface area contributed by atoms with Gasteiger partial charge in [-0.3, -0.25) is 4.79 Å². The van der Waals surface area contributed by atoms with Crippen molar-refractivity contribution in [3.05, 3.63) is 17.7 Å². The third-order valence-corrected chi connectivity index (χ3v) is 2.97. The first kappa shape index (κ1) is 11.8. The van der Waals surface area contributed by atoms with Crippen LogP contribution in [0.25, 0.3) is 0 Å². The van der Waals surface area contributed by atoms with Crippen LogP contribution in [0.1, 0.15) is 39.2 Å². The molecule has 0 saturated heterocycles. The number of carbonyl (C=O) groups excluding carboxylic acids is 1. The van der Waals surface area contributed by atoms with E-state index in [0.717, 1.165) is 5.56 Å². The van der Waals surface area contributed by atoms with Gasteiger partial charge in [0, 0.05) is 0 Å². The monoisotopic (exact) mass is 234 g/mol. The standard InChI is InChI=1S/C13H18N2O2/c1-7(2)8-5-9(14)11-10(6-8)17-13(3,4)12(16)15-11/h5-7H,14H2,1-4H3,(H,15,16). The fourth-order valence-electron chi connectivity index (χ4n) is 1.79. The summed E-state index contributed by atoms with van der Waals surface area (Å²) in [4.78, 5) is 11.8. The van der Waals surface area contributed by atoms with Crippen molar-refractivity contribution < 1.29 is 9.53 Å². The lowest BCUT2D eigenvalue weighted by Gasteiger charge is -2.32. The molecule has 3 N–H and O–H groups in total. The Morgan fingerprint density at radius 1 is 1.35 bits per heavy atom. The highest BCUT2D eigenvalue weighted by Gasteiger charge is 2.36. The molecule has 2 rings (SSSR count). The molecule has 1 amide bonds. The van der Waals surface area contributed by atoms with Gasteiger partial charge in [-0.05, 0) is 37.5 Å². The highest BCUT2D eigenvalue weighted by Crippen LogP contribution is 2.40. The molecule has 1 aliphatic rings. The smallest absolute Gasteiger partial charge is 0.268 e. The van der Waals surface area contributed by atoms with Crippen molar-refractivity contribution in [2.75, 3.05) is 11.1 Å². The lowest BCUT2D eigenvalue weighted by Crippen LogP contribution is -2.45. The number of hydrogen-bond donors (Lipinski definition) is 2. The Morgan fingerprint density at radius 3 is 2.59 bits per heavy atom. The minimum Gasteiger partial charge on any atom is -0.476 e. The summed E-state index contributed by atoms with van der Waals surface area (Å²) in [6, 6.07) is 3.82. The molecule has 0 saturated carbocycles. The second-order valence-electron chi connectivity index (χ2n) is 5.20. The van der Waals surface area contributed by atoms with E-state index in [1.54, 1.807) is 13.8 Å². The maximum atomic E-state index is 11.8. The second kappa shape index (κ2) is 3.65. The molecule has 4 nitrogen and oxygen atoms in total. The fourth-order valence-corrected chi connectivity index (χ4v) is 1.79. The van der Waals surface area contributed by atoms with Crippen LogP contribution in [0.2, 0.25) is 0 Å². The van der Waals surface area contributed by atoms with Gasteiger partial charge in [0.25, 0.3) is 5.91 Å². The maximum absolute atomic E-state index is 11.8. The van der Waals surface area contributed by atoms with Crippen LogP contribution in [0.15, 0.2) is 12.1 Å². The molecule has 92 valence electrons. The Hall–Kier alpha value is -1.71. The molecule has 1 aromatic carbocycles. The first-order valence-electron chi connectivity index (χ1n) is 5.75. The van der Waals surface area contributed by atoms with Gasteiger partial charge in [0.15, 0.2) is 5.60 Å². The summed E-state index contributed by atoms with van der Waals surface area (Å²) in [5, 5.41) is 2.80. The fraction of sp³-hybridized carbons (Fsp3) is 0.462. The van der Waals surface area contributed by atoms with E-state index in [9.17, 15) is 4.79 Å². The number of nitrogen functional groups attached to an aromatic ring is 1. The number of nitrogens with two attached hydrogens (primary N) is 1. The Morgan fingerprint density at radius 2 is 2.00 bits per heavy atom. The Labute approximate surface area is 101 Å². The van der Waals surface area contributed by atoms with Gasteiger partial charge in [0.1, 0.15) is 11.4 Å². The molecule has 0 aromatic heterocycles. The van der Waals surface area contributed by atoms with Crippen LogP contribution in [0, 0.1) is 0 Å². The molecule has 1 aromatic rings. The van der Waals surface area contributed by atoms with E-state index in [0.29, 0.717) is 23.0 Å². The van der Waals surface area contributed by atoms with Crippen molar-refractivity contribution in [1.82, 2.24) is 0 Å². The van der Waals surface area contributed by atoms with Gasteiger partial charge >= 0.3 is 0 Å². The first-order chi connectivity index (χ1) is 7.81. The van der Waals surface area contributed by atoms with Crippen molar-refractivity contribution in [3.63, 3.8) is 0 Å². The predicted octanol–water partition coefficient (Wildman–Crippen LogP) is 2.50. The van der Waals surface area contributed by atoms with Crippen LogP contribution in [-0.4, -0.2) is 11.5 Å². The Bertz CT molecular complexity index is 479. The van der Waals surface area contributed by atoms with E-state index in [2.05, 4.69) is 19.2 Å². The molecular formula is C13H18N2O2. The Kier molecular flexibility index (Phi) is 2.53. The maximum Gasteiger partial charge on any atom is 0.268 e. The minimum absolute atomic E-state index is 0.172. The molecule has 0 unspecified atom stereocenters. The first-order valence-corrected chi connectivity index (χ1v) is 5.75. The quantitative estimate of drug-likeness (QED) is 0.734. The van der Waals surface area contributed by atoms with E-state index in [4.69, 9.17) is 10.5 Å². The highest BCUT2D eigenvalue weighted by molar-refractivity contribution is 6.03. The summed E-state index contributed by atoms with van der Waals surface area (Å²) >= 11 is 0. The number of anilines is 2. The van der Waals surface area contributed by atoms with Crippen LogP contribution in [0.5, 0.6) is 5.75 Å². The molecule has 0 bridgehead atoms. The third-order valence-electron chi connectivity index (χ3n) is 2.97. The van der Waals surface area contributed by atoms with E-state index in [1.807, 2.05) is 12.1 Å². The SMILES string of the molecule is CC(C)c1cc(N)c2c(c1)OC(C)(C)C(=O)N2. The molecule has 1 heterocycles. The average molecular weight is 234 g/mol. The zero-order chi connectivity index (χ0) is 12.8. The van der Waals surface area contributed by atoms with Crippen LogP contribution < -0.4 is 15.8 Å². The number of nitrogens with one attached hydrogen (secondary N) is 1. The minimum atomic E-state index is -0.852. The summed E-state index contributed by atoms with van der Waals surface area (Å²) in [5.41, 5.74) is 7.32. The van der Waals surface area contributed by atoms with E-state index >= 15 is 0 Å². The summed E-state index contributed by atoms with van der Waals surface area (Å²) < 4.78 is 5.71. The second-order valence-corrected chi connectivity index (χ2v) is 5.20. The van der Waals surface area contributed by atoms with Crippen LogP contribution in [0.3, 0.4) is 0 Å². The average Bonchev–Trinajstić information content (AvgIpc) is 2.20. The molecule has 0 atom stereocenters. The molecule has 0 spiro atoms. The van der Waals surface area contributed by atoms with Gasteiger partial charge in [0.05, 0.1) is 5.69 Å². The van der Waals surface area contributed by atoms with Crippen molar-refractivity contribution in [2.24, 2.45) is 0 Å². The lowest BCUT2D eigenvalue weighted by molar-refractivity contribution is -0.129. The van der Waals surface area contributed by atoms with Crippen molar-refractivity contribution in [1.29, 1.82) is 0 Å². The largest absolute Gasteiger partial charge is 0.476 e. The molecule has 0 fully saturated rings. The number of rotatable bonds is 1. The van der Waals surface area contributed by atoms with Crippen molar-refractivity contribution in [2.45, 2.75) is 39.2 Å². The van der Waals surface area contributed by atoms with E-state index in [-0.39, 0.29) is 5.91 Å². The topological polar surface area (TPSA) is 64.3 Å². The van der Waals surface area contributed by atoms with E-state index in [1.165, 1.54) is 0 Å². The van der Waals surface area contributed by atoms with Gasteiger partial charge in [-0.1, -0.05) is 13.8 Å². The molecule has 17 heavy (non-hydrogen) atoms. The van der Waals surface area contributed by atoms with Gasteiger partial charge in [0.2, 0.25) is 0 Å². The molecule has 4 heteroatoms. The van der Waals surface area contributed by atoms with Crippen LogP contribution in [-0.2, 0) is 4.79 Å². The summed E-state index contributed by atoms with van der Waals surface area (Å²) in [5.74, 6) is 0.847. The number of ether oxygens (including phenoxy) is 1. The molecular weight excluding hydrogens is 216 g/mol. The molecule has 0 radical (unpaired) electrons. The molecule has 1 aliphatic heterocycles. The number of carbonyl (C=O) groups is 1. The summed E-state index contributed by atoms with van der Waals surface area (Å²) in [6.45, 7) is 7.66. The van der Waals surface area contributed by atoms with Crippen molar-refractivity contribution in [3.8, 4) is 5.75 Å².